The van der Waals surface area contributed by atoms with E-state index in [1.807, 2.05) is 30.6 Å². The van der Waals surface area contributed by atoms with Gasteiger partial charge in [-0.15, -0.1) is 0 Å². The van der Waals surface area contributed by atoms with Gasteiger partial charge in [-0.3, -0.25) is 4.98 Å². The molecule has 0 amide bonds. The molecular weight excluding hydrogens is 250 g/mol. The second-order valence-electron chi connectivity index (χ2n) is 5.19. The predicted molar refractivity (Wildman–Crippen MR) is 74.2 cm³/mol. The summed E-state index contributed by atoms with van der Waals surface area (Å²) < 4.78 is 6.64. The molecule has 0 radical (unpaired) electrons. The van der Waals surface area contributed by atoms with Crippen LogP contribution in [0.4, 0.5) is 0 Å². The quantitative estimate of drug-likeness (QED) is 0.397. The summed E-state index contributed by atoms with van der Waals surface area (Å²) in [5.74, 6) is 1.21. The second kappa shape index (κ2) is 3.25. The molecule has 4 aromatic rings. The van der Waals surface area contributed by atoms with Gasteiger partial charge in [0.1, 0.15) is 0 Å². The second-order valence-corrected chi connectivity index (χ2v) is 5.19. The van der Waals surface area contributed by atoms with Crippen molar-refractivity contribution in [1.29, 1.82) is 0 Å². The highest BCUT2D eigenvalue weighted by Gasteiger charge is 2.33. The Balaban J connectivity index is 1.98. The van der Waals surface area contributed by atoms with Crippen molar-refractivity contribution in [1.82, 2.24) is 18.9 Å². The fourth-order valence-corrected chi connectivity index (χ4v) is 3.26. The van der Waals surface area contributed by atoms with E-state index in [9.17, 15) is 0 Å². The largest absolute Gasteiger partial charge is 0.294 e. The SMILES string of the molecule is C[n+]1c2n(c3nc4ccccn4c31)Cc1cnccc1-2. The lowest BCUT2D eigenvalue weighted by atomic mass is 10.2. The number of rotatable bonds is 0. The average molecular weight is 262 g/mol. The molecule has 5 heterocycles. The van der Waals surface area contributed by atoms with Crippen LogP contribution in [0.1, 0.15) is 5.56 Å². The van der Waals surface area contributed by atoms with Crippen molar-refractivity contribution in [3.63, 3.8) is 0 Å². The molecule has 1 aliphatic heterocycles. The number of fused-ring (bicyclic) bond motifs is 7. The molecule has 0 spiro atoms. The van der Waals surface area contributed by atoms with Gasteiger partial charge in [0.05, 0.1) is 25.4 Å². The van der Waals surface area contributed by atoms with E-state index in [-0.39, 0.29) is 0 Å². The molecule has 0 unspecified atom stereocenters. The van der Waals surface area contributed by atoms with Gasteiger partial charge in [0.25, 0.3) is 11.3 Å². The molecule has 4 aromatic heterocycles. The van der Waals surface area contributed by atoms with Crippen LogP contribution in [0.15, 0.2) is 42.9 Å². The first-order chi connectivity index (χ1) is 9.84. The lowest BCUT2D eigenvalue weighted by molar-refractivity contribution is -0.636. The molecular formula is C15H12N5+. The molecule has 0 atom stereocenters. The molecule has 5 rings (SSSR count). The summed E-state index contributed by atoms with van der Waals surface area (Å²) in [6.07, 6.45) is 5.86. The molecule has 0 saturated heterocycles. The predicted octanol–water partition coefficient (Wildman–Crippen LogP) is 1.54. The van der Waals surface area contributed by atoms with E-state index in [0.29, 0.717) is 0 Å². The summed E-state index contributed by atoms with van der Waals surface area (Å²) in [5.41, 5.74) is 5.67. The molecule has 5 nitrogen and oxygen atoms in total. The van der Waals surface area contributed by atoms with Gasteiger partial charge >= 0.3 is 0 Å². The average Bonchev–Trinajstić information content (AvgIpc) is 3.10. The van der Waals surface area contributed by atoms with Gasteiger partial charge in [0, 0.05) is 18.0 Å². The van der Waals surface area contributed by atoms with E-state index in [2.05, 4.69) is 37.8 Å². The van der Waals surface area contributed by atoms with Gasteiger partial charge in [0.15, 0.2) is 5.65 Å². The van der Waals surface area contributed by atoms with Crippen LogP contribution in [0.5, 0.6) is 0 Å². The molecule has 96 valence electrons. The third kappa shape index (κ3) is 1.02. The summed E-state index contributed by atoms with van der Waals surface area (Å²) in [6, 6.07) is 8.18. The first kappa shape index (κ1) is 10.1. The minimum absolute atomic E-state index is 0.847. The molecule has 20 heavy (non-hydrogen) atoms. The standard InChI is InChI=1S/C15H12N5/c1-18-14-11-5-6-16-8-10(11)9-20(14)13-15(18)19-7-3-2-4-12(19)17-13/h2-8H,9H2,1H3/q+1. The van der Waals surface area contributed by atoms with Crippen LogP contribution in [-0.4, -0.2) is 18.9 Å². The Hall–Kier alpha value is -2.69. The van der Waals surface area contributed by atoms with E-state index in [0.717, 1.165) is 23.5 Å². The van der Waals surface area contributed by atoms with Crippen LogP contribution >= 0.6 is 0 Å². The summed E-state index contributed by atoms with van der Waals surface area (Å²) in [4.78, 5) is 9.00. The number of nitrogens with zero attached hydrogens (tertiary/aromatic N) is 5. The highest BCUT2D eigenvalue weighted by atomic mass is 15.3. The molecule has 5 heteroatoms. The third-order valence-electron chi connectivity index (χ3n) is 4.11. The molecule has 0 aromatic carbocycles. The van der Waals surface area contributed by atoms with Crippen LogP contribution in [0, 0.1) is 0 Å². The van der Waals surface area contributed by atoms with Gasteiger partial charge in [-0.05, 0) is 18.2 Å². The summed E-state index contributed by atoms with van der Waals surface area (Å²) in [7, 11) is 2.10. The molecule has 0 bridgehead atoms. The number of hydrogen-bond donors (Lipinski definition) is 0. The smallest absolute Gasteiger partial charge is 0.264 e. The minimum Gasteiger partial charge on any atom is -0.264 e. The van der Waals surface area contributed by atoms with Crippen LogP contribution in [0.2, 0.25) is 0 Å². The Bertz CT molecular complexity index is 992. The van der Waals surface area contributed by atoms with Crippen molar-refractivity contribution < 1.29 is 4.57 Å². The zero-order valence-electron chi connectivity index (χ0n) is 11.0. The van der Waals surface area contributed by atoms with Gasteiger partial charge in [-0.1, -0.05) is 6.07 Å². The molecule has 1 aliphatic rings. The number of pyridine rings is 2. The zero-order chi connectivity index (χ0) is 13.3. The van der Waals surface area contributed by atoms with Crippen LogP contribution in [0.3, 0.4) is 0 Å². The fraction of sp³-hybridized carbons (Fsp3) is 0.133. The van der Waals surface area contributed by atoms with Crippen molar-refractivity contribution in [3.8, 4) is 11.4 Å². The Kier molecular flexibility index (Phi) is 1.65. The highest BCUT2D eigenvalue weighted by Crippen LogP contribution is 2.32. The van der Waals surface area contributed by atoms with Crippen molar-refractivity contribution in [2.45, 2.75) is 6.54 Å². The van der Waals surface area contributed by atoms with Crippen molar-refractivity contribution in [2.24, 2.45) is 7.05 Å². The topological polar surface area (TPSA) is 39.0 Å². The number of aromatic nitrogens is 5. The van der Waals surface area contributed by atoms with E-state index in [1.165, 1.54) is 17.0 Å². The van der Waals surface area contributed by atoms with Crippen molar-refractivity contribution >= 4 is 16.9 Å². The van der Waals surface area contributed by atoms with E-state index in [1.54, 1.807) is 0 Å². The molecule has 0 fully saturated rings. The van der Waals surface area contributed by atoms with Crippen molar-refractivity contribution in [3.05, 3.63) is 48.4 Å². The molecule has 0 saturated carbocycles. The first-order valence-electron chi connectivity index (χ1n) is 6.63. The van der Waals surface area contributed by atoms with Gasteiger partial charge < -0.3 is 0 Å². The summed E-state index contributed by atoms with van der Waals surface area (Å²) >= 11 is 0. The fourth-order valence-electron chi connectivity index (χ4n) is 3.26. The summed E-state index contributed by atoms with van der Waals surface area (Å²) in [6.45, 7) is 0.847. The number of aryl methyl sites for hydroxylation is 1. The Labute approximate surface area is 114 Å². The molecule has 0 aliphatic carbocycles. The highest BCUT2D eigenvalue weighted by molar-refractivity contribution is 5.77. The van der Waals surface area contributed by atoms with Gasteiger partial charge in [-0.2, -0.15) is 4.98 Å². The maximum absolute atomic E-state index is 4.78. The van der Waals surface area contributed by atoms with E-state index >= 15 is 0 Å². The summed E-state index contributed by atoms with van der Waals surface area (Å²) in [5, 5.41) is 0. The number of hydrogen-bond acceptors (Lipinski definition) is 2. The monoisotopic (exact) mass is 262 g/mol. The minimum atomic E-state index is 0.847. The van der Waals surface area contributed by atoms with Crippen LogP contribution in [0.25, 0.3) is 28.3 Å². The Morgan fingerprint density at radius 2 is 2.20 bits per heavy atom. The van der Waals surface area contributed by atoms with Gasteiger partial charge in [0.2, 0.25) is 5.82 Å². The maximum Gasteiger partial charge on any atom is 0.294 e. The first-order valence-corrected chi connectivity index (χ1v) is 6.63. The van der Waals surface area contributed by atoms with Crippen LogP contribution < -0.4 is 4.57 Å². The third-order valence-corrected chi connectivity index (χ3v) is 4.11. The molecule has 0 N–H and O–H groups in total. The lowest BCUT2D eigenvalue weighted by Gasteiger charge is -1.96. The zero-order valence-corrected chi connectivity index (χ0v) is 11.0. The van der Waals surface area contributed by atoms with Crippen molar-refractivity contribution in [2.75, 3.05) is 0 Å². The Morgan fingerprint density at radius 1 is 1.25 bits per heavy atom. The maximum atomic E-state index is 4.78. The number of imidazole rings is 2. The Morgan fingerprint density at radius 3 is 3.15 bits per heavy atom. The lowest BCUT2D eigenvalue weighted by Crippen LogP contribution is -2.30. The van der Waals surface area contributed by atoms with Crippen LogP contribution in [-0.2, 0) is 13.6 Å². The van der Waals surface area contributed by atoms with E-state index in [4.69, 9.17) is 4.98 Å². The normalized spacial score (nSPS) is 13.1. The van der Waals surface area contributed by atoms with Gasteiger partial charge in [-0.25, -0.2) is 13.5 Å². The van der Waals surface area contributed by atoms with E-state index < -0.39 is 0 Å².